The number of nitrogens with one attached hydrogen (secondary N) is 1. The van der Waals surface area contributed by atoms with Crippen LogP contribution in [-0.4, -0.2) is 24.0 Å². The first-order chi connectivity index (χ1) is 11.6. The van der Waals surface area contributed by atoms with Crippen LogP contribution in [0.15, 0.2) is 48.5 Å². The summed E-state index contributed by atoms with van der Waals surface area (Å²) in [4.78, 5) is 22.1. The Morgan fingerprint density at radius 2 is 2.00 bits per heavy atom. The maximum Gasteiger partial charge on any atom is 0.269 e. The number of benzene rings is 2. The highest BCUT2D eigenvalue weighted by Crippen LogP contribution is 2.26. The van der Waals surface area contributed by atoms with E-state index in [1.807, 2.05) is 30.3 Å². The van der Waals surface area contributed by atoms with Crippen LogP contribution in [0.4, 0.5) is 5.69 Å². The molecule has 24 heavy (non-hydrogen) atoms. The van der Waals surface area contributed by atoms with Crippen LogP contribution in [0.25, 0.3) is 0 Å². The van der Waals surface area contributed by atoms with E-state index in [0.717, 1.165) is 5.56 Å². The van der Waals surface area contributed by atoms with E-state index in [0.29, 0.717) is 17.7 Å². The summed E-state index contributed by atoms with van der Waals surface area (Å²) in [5.74, 6) is 2.38. The molecule has 2 rings (SSSR count). The number of ether oxygens (including phenoxy) is 1. The predicted octanol–water partition coefficient (Wildman–Crippen LogP) is 2.31. The van der Waals surface area contributed by atoms with Gasteiger partial charge in [0.25, 0.3) is 11.6 Å². The lowest BCUT2D eigenvalue weighted by Crippen LogP contribution is -2.29. The van der Waals surface area contributed by atoms with Crippen molar-refractivity contribution < 1.29 is 14.5 Å². The van der Waals surface area contributed by atoms with Crippen molar-refractivity contribution in [1.29, 1.82) is 0 Å². The third-order valence-corrected chi connectivity index (χ3v) is 3.24. The van der Waals surface area contributed by atoms with Crippen molar-refractivity contribution in [2.24, 2.45) is 0 Å². The number of amides is 1. The first-order valence-corrected chi connectivity index (χ1v) is 7.24. The lowest BCUT2D eigenvalue weighted by molar-refractivity contribution is -0.384. The number of hydrogen-bond acceptors (Lipinski definition) is 4. The summed E-state index contributed by atoms with van der Waals surface area (Å²) in [7, 11) is 0. The lowest BCUT2D eigenvalue weighted by Gasteiger charge is -2.11. The van der Waals surface area contributed by atoms with Crippen molar-refractivity contribution in [3.05, 3.63) is 69.8 Å². The minimum absolute atomic E-state index is 0.0231. The summed E-state index contributed by atoms with van der Waals surface area (Å²) in [6.45, 7) is -0.0827. The Bertz CT molecular complexity index is 766. The quantitative estimate of drug-likeness (QED) is 0.481. The Hall–Kier alpha value is -3.33. The number of carbonyl (C=O) groups is 1. The highest BCUT2D eigenvalue weighted by molar-refractivity contribution is 5.77. The Morgan fingerprint density at radius 1 is 1.25 bits per heavy atom. The fourth-order valence-electron chi connectivity index (χ4n) is 2.12. The van der Waals surface area contributed by atoms with Gasteiger partial charge in [-0.2, -0.15) is 0 Å². The van der Waals surface area contributed by atoms with Gasteiger partial charge in [-0.1, -0.05) is 36.3 Å². The summed E-state index contributed by atoms with van der Waals surface area (Å²) in [5, 5.41) is 13.5. The summed E-state index contributed by atoms with van der Waals surface area (Å²) in [5.41, 5.74) is 1.60. The molecule has 6 heteroatoms. The van der Waals surface area contributed by atoms with Crippen molar-refractivity contribution in [2.75, 3.05) is 13.2 Å². The topological polar surface area (TPSA) is 81.5 Å². The molecule has 0 aliphatic carbocycles. The Labute approximate surface area is 139 Å². The summed E-state index contributed by atoms with van der Waals surface area (Å²) < 4.78 is 5.50. The number of nitro benzene ring substituents is 1. The van der Waals surface area contributed by atoms with Crippen molar-refractivity contribution in [1.82, 2.24) is 5.32 Å². The highest BCUT2D eigenvalue weighted by atomic mass is 16.6. The smallest absolute Gasteiger partial charge is 0.269 e. The largest absolute Gasteiger partial charge is 0.483 e. The number of hydrogen-bond donors (Lipinski definition) is 1. The maximum absolute atomic E-state index is 11.6. The second kappa shape index (κ2) is 8.34. The molecular formula is C18H16N2O4. The van der Waals surface area contributed by atoms with Crippen LogP contribution in [0.2, 0.25) is 0 Å². The monoisotopic (exact) mass is 324 g/mol. The molecule has 0 radical (unpaired) electrons. The van der Waals surface area contributed by atoms with E-state index in [1.54, 1.807) is 0 Å². The summed E-state index contributed by atoms with van der Waals surface area (Å²) in [6, 6.07) is 13.8. The van der Waals surface area contributed by atoms with E-state index in [9.17, 15) is 14.9 Å². The fraction of sp³-hybridized carbons (Fsp3) is 0.167. The van der Waals surface area contributed by atoms with Gasteiger partial charge < -0.3 is 10.1 Å². The van der Waals surface area contributed by atoms with Gasteiger partial charge in [0.1, 0.15) is 5.75 Å². The van der Waals surface area contributed by atoms with Crippen LogP contribution < -0.4 is 10.1 Å². The zero-order chi connectivity index (χ0) is 17.4. The van der Waals surface area contributed by atoms with E-state index < -0.39 is 4.92 Å². The van der Waals surface area contributed by atoms with Gasteiger partial charge in [0, 0.05) is 24.1 Å². The lowest BCUT2D eigenvalue weighted by atomic mass is 10.0. The number of carbonyl (C=O) groups excluding carboxylic acids is 1. The average molecular weight is 324 g/mol. The van der Waals surface area contributed by atoms with Crippen LogP contribution in [0, 0.1) is 22.5 Å². The number of nitrogens with zero attached hydrogens (tertiary/aromatic N) is 1. The van der Waals surface area contributed by atoms with Crippen molar-refractivity contribution in [3.8, 4) is 18.1 Å². The maximum atomic E-state index is 11.6. The van der Waals surface area contributed by atoms with Gasteiger partial charge in [-0.15, -0.1) is 6.42 Å². The van der Waals surface area contributed by atoms with Crippen LogP contribution in [-0.2, 0) is 11.2 Å². The Balaban J connectivity index is 2.18. The molecule has 0 saturated carbocycles. The molecule has 1 N–H and O–H groups in total. The third-order valence-electron chi connectivity index (χ3n) is 3.24. The molecule has 2 aromatic carbocycles. The van der Waals surface area contributed by atoms with Crippen LogP contribution in [0.3, 0.4) is 0 Å². The van der Waals surface area contributed by atoms with E-state index in [1.165, 1.54) is 18.2 Å². The molecule has 0 aromatic heterocycles. The van der Waals surface area contributed by atoms with Crippen LogP contribution in [0.5, 0.6) is 5.75 Å². The second-order valence-corrected chi connectivity index (χ2v) is 4.98. The zero-order valence-electron chi connectivity index (χ0n) is 12.9. The van der Waals surface area contributed by atoms with Gasteiger partial charge in [-0.25, -0.2) is 0 Å². The van der Waals surface area contributed by atoms with Crippen molar-refractivity contribution in [2.45, 2.75) is 6.42 Å². The molecule has 0 saturated heterocycles. The molecule has 6 nitrogen and oxygen atoms in total. The third kappa shape index (κ3) is 4.85. The number of terminal acetylenes is 1. The SMILES string of the molecule is C#CCNC(=O)COc1ccc([N+](=O)[O-])cc1Cc1ccccc1. The number of non-ortho nitro benzene ring substituents is 1. The number of rotatable bonds is 7. The Kier molecular flexibility index (Phi) is 5.92. The molecule has 0 spiro atoms. The minimum Gasteiger partial charge on any atom is -0.483 e. The van der Waals surface area contributed by atoms with Gasteiger partial charge in [-0.3, -0.25) is 14.9 Å². The molecule has 2 aromatic rings. The van der Waals surface area contributed by atoms with Crippen LogP contribution >= 0.6 is 0 Å². The van der Waals surface area contributed by atoms with E-state index >= 15 is 0 Å². The molecule has 0 unspecified atom stereocenters. The average Bonchev–Trinajstić information content (AvgIpc) is 2.59. The fourth-order valence-corrected chi connectivity index (χ4v) is 2.12. The van der Waals surface area contributed by atoms with Gasteiger partial charge in [0.15, 0.2) is 6.61 Å². The summed E-state index contributed by atoms with van der Waals surface area (Å²) >= 11 is 0. The molecule has 0 aliphatic rings. The molecule has 0 atom stereocenters. The van der Waals surface area contributed by atoms with Crippen molar-refractivity contribution in [3.63, 3.8) is 0 Å². The van der Waals surface area contributed by atoms with Gasteiger partial charge in [0.2, 0.25) is 0 Å². The second-order valence-electron chi connectivity index (χ2n) is 4.98. The minimum atomic E-state index is -0.460. The first kappa shape index (κ1) is 17.0. The zero-order valence-corrected chi connectivity index (χ0v) is 12.9. The van der Waals surface area contributed by atoms with Crippen LogP contribution in [0.1, 0.15) is 11.1 Å². The molecule has 0 fully saturated rings. The first-order valence-electron chi connectivity index (χ1n) is 7.24. The van der Waals surface area contributed by atoms with Gasteiger partial charge in [0.05, 0.1) is 11.5 Å². The van der Waals surface area contributed by atoms with E-state index in [2.05, 4.69) is 11.2 Å². The number of nitro groups is 1. The molecular weight excluding hydrogens is 308 g/mol. The molecule has 1 amide bonds. The normalized spacial score (nSPS) is 9.79. The molecule has 0 aliphatic heterocycles. The Morgan fingerprint density at radius 3 is 2.67 bits per heavy atom. The molecule has 122 valence electrons. The summed E-state index contributed by atoms with van der Waals surface area (Å²) in [6.07, 6.45) is 5.53. The van der Waals surface area contributed by atoms with Gasteiger partial charge in [-0.05, 0) is 11.6 Å². The standard InChI is InChI=1S/C18H16N2O4/c1-2-10-19-18(21)13-24-17-9-8-16(20(22)23)12-15(17)11-14-6-4-3-5-7-14/h1,3-9,12H,10-11,13H2,(H,19,21). The predicted molar refractivity (Wildman–Crippen MR) is 89.7 cm³/mol. The van der Waals surface area contributed by atoms with Gasteiger partial charge >= 0.3 is 0 Å². The van der Waals surface area contributed by atoms with E-state index in [4.69, 9.17) is 11.2 Å². The molecule has 0 bridgehead atoms. The van der Waals surface area contributed by atoms with E-state index in [-0.39, 0.29) is 24.7 Å². The molecule has 0 heterocycles. The van der Waals surface area contributed by atoms with Crippen molar-refractivity contribution >= 4 is 11.6 Å². The highest BCUT2D eigenvalue weighted by Gasteiger charge is 2.13.